The van der Waals surface area contributed by atoms with Gasteiger partial charge in [0.25, 0.3) is 0 Å². The zero-order valence-corrected chi connectivity index (χ0v) is 17.8. The van der Waals surface area contributed by atoms with Crippen LogP contribution in [0, 0.1) is 6.92 Å². The van der Waals surface area contributed by atoms with Gasteiger partial charge in [0.1, 0.15) is 11.9 Å². The van der Waals surface area contributed by atoms with Crippen LogP contribution >= 0.6 is 0 Å². The Balaban J connectivity index is 1.69. The highest BCUT2D eigenvalue weighted by atomic mass is 16.5. The Morgan fingerprint density at radius 3 is 2.48 bits per heavy atom. The fourth-order valence-corrected chi connectivity index (χ4v) is 2.83. The highest BCUT2D eigenvalue weighted by molar-refractivity contribution is 5.81. The number of nitrogens with zero attached hydrogens (tertiary/aromatic N) is 2. The number of hydrogen-bond acceptors (Lipinski definition) is 3. The van der Waals surface area contributed by atoms with Crippen molar-refractivity contribution >= 4 is 11.9 Å². The molecule has 1 unspecified atom stereocenters. The summed E-state index contributed by atoms with van der Waals surface area (Å²) in [6.07, 6.45) is 0.382. The monoisotopic (exact) mass is 396 g/mol. The Hall–Kier alpha value is -3.02. The number of aliphatic imine (C=N–C) groups is 1. The molecule has 2 aromatic rings. The summed E-state index contributed by atoms with van der Waals surface area (Å²) in [7, 11) is 3.54. The van der Waals surface area contributed by atoms with E-state index < -0.39 is 0 Å². The van der Waals surface area contributed by atoms with Crippen LogP contribution in [0.4, 0.5) is 0 Å². The van der Waals surface area contributed by atoms with Gasteiger partial charge in [0.05, 0.1) is 6.54 Å². The molecule has 0 aliphatic heterocycles. The van der Waals surface area contributed by atoms with Crippen LogP contribution in [-0.4, -0.2) is 50.1 Å². The molecule has 0 spiro atoms. The van der Waals surface area contributed by atoms with Gasteiger partial charge in [-0.3, -0.25) is 9.79 Å². The van der Waals surface area contributed by atoms with Crippen LogP contribution in [0.1, 0.15) is 24.5 Å². The number of carbonyl (C=O) groups excluding carboxylic acids is 1. The quantitative estimate of drug-likeness (QED) is 0.505. The van der Waals surface area contributed by atoms with Crippen molar-refractivity contribution < 1.29 is 9.53 Å². The lowest BCUT2D eigenvalue weighted by molar-refractivity contribution is -0.130. The van der Waals surface area contributed by atoms with Crippen LogP contribution < -0.4 is 15.4 Å². The first-order chi connectivity index (χ1) is 14.0. The van der Waals surface area contributed by atoms with Crippen molar-refractivity contribution in [2.45, 2.75) is 32.9 Å². The van der Waals surface area contributed by atoms with Crippen LogP contribution in [-0.2, 0) is 11.3 Å². The van der Waals surface area contributed by atoms with Crippen molar-refractivity contribution in [1.29, 1.82) is 0 Å². The molecule has 1 amide bonds. The second-order valence-corrected chi connectivity index (χ2v) is 7.06. The van der Waals surface area contributed by atoms with Gasteiger partial charge in [-0.05, 0) is 31.0 Å². The van der Waals surface area contributed by atoms with E-state index in [4.69, 9.17) is 4.74 Å². The largest absolute Gasteiger partial charge is 0.489 e. The lowest BCUT2D eigenvalue weighted by Crippen LogP contribution is -2.43. The third-order valence-corrected chi connectivity index (χ3v) is 4.52. The fourth-order valence-electron chi connectivity index (χ4n) is 2.83. The molecule has 0 radical (unpaired) electrons. The smallest absolute Gasteiger partial charge is 0.224 e. The predicted molar refractivity (Wildman–Crippen MR) is 118 cm³/mol. The van der Waals surface area contributed by atoms with E-state index in [2.05, 4.69) is 15.6 Å². The number of hydrogen-bond donors (Lipinski definition) is 2. The van der Waals surface area contributed by atoms with Crippen LogP contribution in [0.5, 0.6) is 5.75 Å². The normalized spacial score (nSPS) is 12.2. The Labute approximate surface area is 174 Å². The van der Waals surface area contributed by atoms with E-state index in [1.54, 1.807) is 11.9 Å². The van der Waals surface area contributed by atoms with E-state index in [0.717, 1.165) is 16.9 Å². The molecule has 0 aliphatic rings. The standard InChI is InChI=1S/C23H32N4O2/c1-18-10-8-9-13-21(18)29-19(2)16-26-23(24-3)25-15-14-22(28)27(4)17-20-11-6-5-7-12-20/h5-13,19H,14-17H2,1-4H3,(H2,24,25,26). The first-order valence-corrected chi connectivity index (χ1v) is 9.94. The summed E-state index contributed by atoms with van der Waals surface area (Å²) in [6.45, 7) is 5.78. The lowest BCUT2D eigenvalue weighted by Gasteiger charge is -2.20. The van der Waals surface area contributed by atoms with Crippen molar-refractivity contribution in [2.24, 2.45) is 4.99 Å². The SMILES string of the molecule is CN=C(NCCC(=O)N(C)Cc1ccccc1)NCC(C)Oc1ccccc1C. The van der Waals surface area contributed by atoms with Gasteiger partial charge in [0, 0.05) is 33.6 Å². The average Bonchev–Trinajstić information content (AvgIpc) is 2.72. The first kappa shape index (κ1) is 22.3. The maximum absolute atomic E-state index is 12.3. The molecule has 0 saturated heterocycles. The summed E-state index contributed by atoms with van der Waals surface area (Å²) in [5.41, 5.74) is 2.23. The third-order valence-electron chi connectivity index (χ3n) is 4.52. The van der Waals surface area contributed by atoms with Crippen LogP contribution in [0.15, 0.2) is 59.6 Å². The highest BCUT2D eigenvalue weighted by Crippen LogP contribution is 2.17. The van der Waals surface area contributed by atoms with Gasteiger partial charge in [0.2, 0.25) is 5.91 Å². The van der Waals surface area contributed by atoms with Gasteiger partial charge < -0.3 is 20.3 Å². The predicted octanol–water partition coefficient (Wildman–Crippen LogP) is 2.98. The number of nitrogens with one attached hydrogen (secondary N) is 2. The summed E-state index contributed by atoms with van der Waals surface area (Å²) >= 11 is 0. The van der Waals surface area contributed by atoms with Gasteiger partial charge in [-0.2, -0.15) is 0 Å². The zero-order chi connectivity index (χ0) is 21.1. The third kappa shape index (κ3) is 7.86. The van der Waals surface area contributed by atoms with Crippen LogP contribution in [0.25, 0.3) is 0 Å². The molecule has 0 fully saturated rings. The highest BCUT2D eigenvalue weighted by Gasteiger charge is 2.10. The Kier molecular flexibility index (Phi) is 9.02. The molecular weight excluding hydrogens is 364 g/mol. The molecule has 0 aromatic heterocycles. The molecule has 6 nitrogen and oxygen atoms in total. The number of benzene rings is 2. The average molecular weight is 397 g/mol. The molecule has 0 aliphatic carbocycles. The lowest BCUT2D eigenvalue weighted by atomic mass is 10.2. The van der Waals surface area contributed by atoms with Crippen LogP contribution in [0.2, 0.25) is 0 Å². The topological polar surface area (TPSA) is 66.0 Å². The van der Waals surface area contributed by atoms with Crippen molar-refractivity contribution in [2.75, 3.05) is 27.2 Å². The Morgan fingerprint density at radius 1 is 1.10 bits per heavy atom. The molecule has 2 aromatic carbocycles. The summed E-state index contributed by atoms with van der Waals surface area (Å²) < 4.78 is 5.96. The summed E-state index contributed by atoms with van der Waals surface area (Å²) in [6, 6.07) is 17.9. The fraction of sp³-hybridized carbons (Fsp3) is 0.391. The summed E-state index contributed by atoms with van der Waals surface area (Å²) in [4.78, 5) is 18.3. The molecule has 1 atom stereocenters. The molecule has 6 heteroatoms. The Morgan fingerprint density at radius 2 is 1.79 bits per heavy atom. The van der Waals surface area contributed by atoms with Crippen molar-refractivity contribution in [3.8, 4) is 5.75 Å². The summed E-state index contributed by atoms with van der Waals surface area (Å²) in [5.74, 6) is 1.63. The minimum absolute atomic E-state index is 0.0201. The number of para-hydroxylation sites is 1. The minimum Gasteiger partial charge on any atom is -0.489 e. The summed E-state index contributed by atoms with van der Waals surface area (Å²) in [5, 5.41) is 6.43. The van der Waals surface area contributed by atoms with Gasteiger partial charge >= 0.3 is 0 Å². The zero-order valence-electron chi connectivity index (χ0n) is 17.8. The first-order valence-electron chi connectivity index (χ1n) is 9.94. The van der Waals surface area contributed by atoms with Gasteiger partial charge in [0.15, 0.2) is 5.96 Å². The maximum atomic E-state index is 12.3. The van der Waals surface area contributed by atoms with Gasteiger partial charge in [-0.25, -0.2) is 0 Å². The van der Waals surface area contributed by atoms with Crippen molar-refractivity contribution in [3.63, 3.8) is 0 Å². The van der Waals surface area contributed by atoms with E-state index in [1.807, 2.05) is 75.5 Å². The second-order valence-electron chi connectivity index (χ2n) is 7.06. The van der Waals surface area contributed by atoms with Crippen LogP contribution in [0.3, 0.4) is 0 Å². The number of guanidine groups is 1. The molecular formula is C23H32N4O2. The number of rotatable bonds is 9. The number of amides is 1. The molecule has 0 bridgehead atoms. The van der Waals surface area contributed by atoms with E-state index in [1.165, 1.54) is 0 Å². The van der Waals surface area contributed by atoms with Crippen molar-refractivity contribution in [1.82, 2.24) is 15.5 Å². The number of aryl methyl sites for hydroxylation is 1. The molecule has 0 saturated carbocycles. The van der Waals surface area contributed by atoms with Gasteiger partial charge in [-0.15, -0.1) is 0 Å². The number of ether oxygens (including phenoxy) is 1. The molecule has 0 heterocycles. The minimum atomic E-state index is -0.0201. The molecule has 156 valence electrons. The number of carbonyl (C=O) groups is 1. The molecule has 29 heavy (non-hydrogen) atoms. The Bertz CT molecular complexity index is 792. The maximum Gasteiger partial charge on any atom is 0.224 e. The van der Waals surface area contributed by atoms with Gasteiger partial charge in [-0.1, -0.05) is 48.5 Å². The van der Waals surface area contributed by atoms with E-state index >= 15 is 0 Å². The molecule has 2 rings (SSSR count). The van der Waals surface area contributed by atoms with E-state index in [-0.39, 0.29) is 12.0 Å². The molecule has 2 N–H and O–H groups in total. The second kappa shape index (κ2) is 11.7. The van der Waals surface area contributed by atoms with E-state index in [0.29, 0.717) is 32.0 Å². The van der Waals surface area contributed by atoms with E-state index in [9.17, 15) is 4.79 Å². The van der Waals surface area contributed by atoms with Crippen molar-refractivity contribution in [3.05, 3.63) is 65.7 Å².